The van der Waals surface area contributed by atoms with Crippen molar-refractivity contribution in [2.24, 2.45) is 11.8 Å². The Morgan fingerprint density at radius 3 is 2.06 bits per heavy atom. The molecule has 2 aromatic carbocycles. The number of quaternary nitrogens is 1. The minimum atomic E-state index is 0. The Kier molecular flexibility index (Phi) is 12.5. The Hall–Kier alpha value is -1.55. The second-order valence-electron chi connectivity index (χ2n) is 10.4. The highest BCUT2D eigenvalue weighted by atomic mass is 35.5. The Labute approximate surface area is 209 Å². The van der Waals surface area contributed by atoms with Gasteiger partial charge in [0.05, 0.1) is 33.9 Å². The third-order valence-corrected chi connectivity index (χ3v) is 6.74. The van der Waals surface area contributed by atoms with Crippen LogP contribution in [0.1, 0.15) is 58.6 Å². The molecule has 0 radical (unpaired) electrons. The molecule has 186 valence electrons. The maximum Gasteiger partial charge on any atom is 0.127 e. The Morgan fingerprint density at radius 1 is 0.818 bits per heavy atom. The van der Waals surface area contributed by atoms with Crippen molar-refractivity contribution in [1.82, 2.24) is 0 Å². The molecule has 0 aliphatic carbocycles. The Bertz CT molecular complexity index is 791. The zero-order chi connectivity index (χ0) is 23.6. The van der Waals surface area contributed by atoms with E-state index in [1.165, 1.54) is 11.1 Å². The minimum absolute atomic E-state index is 0. The largest absolute Gasteiger partial charge is 1.00 e. The van der Waals surface area contributed by atoms with Crippen LogP contribution >= 0.6 is 0 Å². The summed E-state index contributed by atoms with van der Waals surface area (Å²) in [4.78, 5) is 0. The van der Waals surface area contributed by atoms with Crippen molar-refractivity contribution in [3.05, 3.63) is 65.7 Å². The van der Waals surface area contributed by atoms with Gasteiger partial charge in [-0.25, -0.2) is 0 Å². The molecule has 2 aromatic rings. The lowest BCUT2D eigenvalue weighted by molar-refractivity contribution is -0.950. The van der Waals surface area contributed by atoms with E-state index >= 15 is 0 Å². The normalized spacial score (nSPS) is 13.6. The minimum Gasteiger partial charge on any atom is -1.00 e. The van der Waals surface area contributed by atoms with Crippen LogP contribution in [0.15, 0.2) is 54.6 Å². The molecule has 0 amide bonds. The zero-order valence-corrected chi connectivity index (χ0v) is 22.7. The van der Waals surface area contributed by atoms with Crippen LogP contribution in [-0.4, -0.2) is 44.9 Å². The SMILES string of the molecule is CC[N+](C)(C)C(CCOCCOc1ccccc1)(CC(C)C)c1ccccc1CC(C)C.[Cl-]. The predicted octanol–water partition coefficient (Wildman–Crippen LogP) is 3.71. The first kappa shape index (κ1) is 29.5. The van der Waals surface area contributed by atoms with Gasteiger partial charge in [0.15, 0.2) is 0 Å². The second kappa shape index (κ2) is 14.0. The molecule has 0 aromatic heterocycles. The molecule has 0 saturated heterocycles. The summed E-state index contributed by atoms with van der Waals surface area (Å²) in [7, 11) is 4.79. The van der Waals surface area contributed by atoms with Crippen molar-refractivity contribution in [3.63, 3.8) is 0 Å². The maximum atomic E-state index is 6.14. The number of ether oxygens (including phenoxy) is 2. The molecule has 0 spiro atoms. The monoisotopic (exact) mass is 475 g/mol. The molecule has 0 aliphatic heterocycles. The first-order valence-corrected chi connectivity index (χ1v) is 12.4. The van der Waals surface area contributed by atoms with E-state index in [-0.39, 0.29) is 17.9 Å². The van der Waals surface area contributed by atoms with Crippen molar-refractivity contribution >= 4 is 0 Å². The van der Waals surface area contributed by atoms with Crippen LogP contribution in [0, 0.1) is 11.8 Å². The summed E-state index contributed by atoms with van der Waals surface area (Å²) >= 11 is 0. The molecular formula is C29H46ClNO2. The van der Waals surface area contributed by atoms with E-state index in [2.05, 4.69) is 73.0 Å². The fourth-order valence-electron chi connectivity index (χ4n) is 4.87. The van der Waals surface area contributed by atoms with Gasteiger partial charge < -0.3 is 26.4 Å². The standard InChI is InChI=1S/C29H46NO2.ClH/c1-8-30(6,7)29(23-25(4)5,28-17-13-12-14-26(28)22-24(2)3)18-19-31-20-21-32-27-15-10-9-11-16-27;/h9-17,24-25H,8,18-23H2,1-7H3;1H/q+1;/p-1. The summed E-state index contributed by atoms with van der Waals surface area (Å²) < 4.78 is 12.9. The highest BCUT2D eigenvalue weighted by Crippen LogP contribution is 2.43. The van der Waals surface area contributed by atoms with E-state index in [0.717, 1.165) is 42.6 Å². The molecule has 33 heavy (non-hydrogen) atoms. The number of nitrogens with zero attached hydrogens (tertiary/aromatic N) is 1. The van der Waals surface area contributed by atoms with Gasteiger partial charge in [0.2, 0.25) is 0 Å². The second-order valence-corrected chi connectivity index (χ2v) is 10.4. The van der Waals surface area contributed by atoms with E-state index < -0.39 is 0 Å². The maximum absolute atomic E-state index is 6.14. The van der Waals surface area contributed by atoms with Crippen LogP contribution in [0.3, 0.4) is 0 Å². The molecule has 0 aliphatic rings. The van der Waals surface area contributed by atoms with Gasteiger partial charge in [-0.05, 0) is 42.9 Å². The van der Waals surface area contributed by atoms with Crippen molar-refractivity contribution < 1.29 is 26.4 Å². The summed E-state index contributed by atoms with van der Waals surface area (Å²) in [6, 6.07) is 19.1. The Morgan fingerprint density at radius 2 is 1.45 bits per heavy atom. The van der Waals surface area contributed by atoms with Gasteiger partial charge in [-0.2, -0.15) is 0 Å². The van der Waals surface area contributed by atoms with E-state index in [1.807, 2.05) is 30.3 Å². The van der Waals surface area contributed by atoms with Crippen LogP contribution < -0.4 is 17.1 Å². The number of rotatable bonds is 14. The smallest absolute Gasteiger partial charge is 0.127 e. The lowest BCUT2D eigenvalue weighted by Gasteiger charge is -2.50. The average Bonchev–Trinajstić information content (AvgIpc) is 2.75. The summed E-state index contributed by atoms with van der Waals surface area (Å²) in [5, 5.41) is 0. The van der Waals surface area contributed by atoms with Crippen molar-refractivity contribution in [2.45, 2.75) is 59.4 Å². The molecule has 1 unspecified atom stereocenters. The van der Waals surface area contributed by atoms with Gasteiger partial charge in [-0.1, -0.05) is 70.2 Å². The van der Waals surface area contributed by atoms with E-state index in [0.29, 0.717) is 25.0 Å². The number of hydrogen-bond donors (Lipinski definition) is 0. The van der Waals surface area contributed by atoms with Crippen molar-refractivity contribution in [3.8, 4) is 5.75 Å². The van der Waals surface area contributed by atoms with Crippen molar-refractivity contribution in [1.29, 1.82) is 0 Å². The fourth-order valence-corrected chi connectivity index (χ4v) is 4.87. The van der Waals surface area contributed by atoms with Crippen molar-refractivity contribution in [2.75, 3.05) is 40.5 Å². The number of halogens is 1. The van der Waals surface area contributed by atoms with Crippen LogP contribution in [-0.2, 0) is 16.7 Å². The number of para-hydroxylation sites is 1. The lowest BCUT2D eigenvalue weighted by atomic mass is 9.74. The van der Waals surface area contributed by atoms with Gasteiger partial charge >= 0.3 is 0 Å². The van der Waals surface area contributed by atoms with Gasteiger partial charge in [0.1, 0.15) is 17.9 Å². The van der Waals surface area contributed by atoms with Gasteiger partial charge in [0, 0.05) is 18.4 Å². The predicted molar refractivity (Wildman–Crippen MR) is 136 cm³/mol. The summed E-state index contributed by atoms with van der Waals surface area (Å²) in [6.45, 7) is 14.7. The van der Waals surface area contributed by atoms with Crippen LogP contribution in [0.25, 0.3) is 0 Å². The molecule has 0 heterocycles. The fraction of sp³-hybridized carbons (Fsp3) is 0.586. The molecule has 4 heteroatoms. The molecular weight excluding hydrogens is 430 g/mol. The Balaban J connectivity index is 0.00000544. The molecule has 0 N–H and O–H groups in total. The third kappa shape index (κ3) is 8.31. The van der Waals surface area contributed by atoms with Crippen LogP contribution in [0.2, 0.25) is 0 Å². The lowest BCUT2D eigenvalue weighted by Crippen LogP contribution is -3.00. The number of benzene rings is 2. The zero-order valence-electron chi connectivity index (χ0n) is 21.9. The topological polar surface area (TPSA) is 18.5 Å². The van der Waals surface area contributed by atoms with E-state index in [1.54, 1.807) is 0 Å². The van der Waals surface area contributed by atoms with Crippen LogP contribution in [0.5, 0.6) is 5.75 Å². The van der Waals surface area contributed by atoms with Gasteiger partial charge in [-0.15, -0.1) is 0 Å². The summed E-state index contributed by atoms with van der Waals surface area (Å²) in [6.07, 6.45) is 3.27. The first-order chi connectivity index (χ1) is 15.2. The molecule has 1 atom stereocenters. The highest BCUT2D eigenvalue weighted by molar-refractivity contribution is 5.33. The molecule has 3 nitrogen and oxygen atoms in total. The molecule has 0 saturated carbocycles. The quantitative estimate of drug-likeness (QED) is 0.306. The number of hydrogen-bond acceptors (Lipinski definition) is 2. The summed E-state index contributed by atoms with van der Waals surface area (Å²) in [5.74, 6) is 2.14. The van der Waals surface area contributed by atoms with E-state index in [4.69, 9.17) is 9.47 Å². The third-order valence-electron chi connectivity index (χ3n) is 6.74. The molecule has 0 fully saturated rings. The molecule has 2 rings (SSSR count). The average molecular weight is 476 g/mol. The first-order valence-electron chi connectivity index (χ1n) is 12.4. The van der Waals surface area contributed by atoms with E-state index in [9.17, 15) is 0 Å². The van der Waals surface area contributed by atoms with Crippen LogP contribution in [0.4, 0.5) is 0 Å². The van der Waals surface area contributed by atoms with Gasteiger partial charge in [0.25, 0.3) is 0 Å². The summed E-state index contributed by atoms with van der Waals surface area (Å²) in [5.41, 5.74) is 3.03. The van der Waals surface area contributed by atoms with Gasteiger partial charge in [-0.3, -0.25) is 0 Å². The molecule has 0 bridgehead atoms. The highest BCUT2D eigenvalue weighted by Gasteiger charge is 2.47.